The second-order valence-corrected chi connectivity index (χ2v) is 4.65. The molecule has 0 radical (unpaired) electrons. The molecule has 0 heterocycles. The van der Waals surface area contributed by atoms with Gasteiger partial charge in [-0.15, -0.1) is 0 Å². The van der Waals surface area contributed by atoms with Crippen molar-refractivity contribution < 1.29 is 10.2 Å². The number of aromatic hydroxyl groups is 2. The lowest BCUT2D eigenvalue weighted by molar-refractivity contribution is 0.293. The Bertz CT molecular complexity index is 346. The fourth-order valence-corrected chi connectivity index (χ4v) is 1.62. The Morgan fingerprint density at radius 2 is 1.71 bits per heavy atom. The van der Waals surface area contributed by atoms with Gasteiger partial charge in [0.05, 0.1) is 5.56 Å². The summed E-state index contributed by atoms with van der Waals surface area (Å²) in [5.74, 6) is 0.255. The average Bonchev–Trinajstić information content (AvgIpc) is 2.25. The number of benzene rings is 1. The van der Waals surface area contributed by atoms with E-state index in [4.69, 9.17) is 0 Å². The maximum absolute atomic E-state index is 9.73. The molecule has 1 aromatic rings. The van der Waals surface area contributed by atoms with Gasteiger partial charge in [-0.05, 0) is 40.1 Å². The first-order valence-corrected chi connectivity index (χ1v) is 5.84. The van der Waals surface area contributed by atoms with E-state index in [1.165, 1.54) is 0 Å². The molecule has 2 unspecified atom stereocenters. The number of likely N-dealkylation sites (N-methyl/N-ethyl adjacent to an activating group) is 1. The topological polar surface area (TPSA) is 55.7 Å². The molecule has 0 spiro atoms. The standard InChI is InChI=1S/C13H22N2O2/c1-9(15(3)4)8-14-10(2)13-11(16)6-5-7-12(13)17/h5-7,9-10,14,16-17H,8H2,1-4H3. The van der Waals surface area contributed by atoms with E-state index in [1.54, 1.807) is 18.2 Å². The van der Waals surface area contributed by atoms with E-state index >= 15 is 0 Å². The van der Waals surface area contributed by atoms with Crippen LogP contribution in [0.1, 0.15) is 25.5 Å². The summed E-state index contributed by atoms with van der Waals surface area (Å²) in [5, 5.41) is 22.8. The Hall–Kier alpha value is -1.26. The molecule has 0 aliphatic carbocycles. The van der Waals surface area contributed by atoms with Gasteiger partial charge in [-0.3, -0.25) is 0 Å². The Labute approximate surface area is 103 Å². The summed E-state index contributed by atoms with van der Waals surface area (Å²) in [5.41, 5.74) is 0.554. The summed E-state index contributed by atoms with van der Waals surface area (Å²) in [4.78, 5) is 2.12. The molecule has 96 valence electrons. The fraction of sp³-hybridized carbons (Fsp3) is 0.538. The Morgan fingerprint density at radius 1 is 1.18 bits per heavy atom. The smallest absolute Gasteiger partial charge is 0.124 e. The van der Waals surface area contributed by atoms with Crippen LogP contribution in [0.2, 0.25) is 0 Å². The summed E-state index contributed by atoms with van der Waals surface area (Å²) in [6, 6.07) is 5.11. The molecule has 0 bridgehead atoms. The SMILES string of the molecule is CC(NCC(C)N(C)C)c1c(O)cccc1O. The van der Waals surface area contributed by atoms with E-state index in [9.17, 15) is 10.2 Å². The molecule has 4 nitrogen and oxygen atoms in total. The van der Waals surface area contributed by atoms with Crippen LogP contribution in [0.25, 0.3) is 0 Å². The maximum Gasteiger partial charge on any atom is 0.124 e. The second-order valence-electron chi connectivity index (χ2n) is 4.65. The summed E-state index contributed by atoms with van der Waals surface area (Å²) < 4.78 is 0. The van der Waals surface area contributed by atoms with E-state index in [0.717, 1.165) is 6.54 Å². The number of rotatable bonds is 5. The molecule has 0 saturated carbocycles. The largest absolute Gasteiger partial charge is 0.507 e. The van der Waals surface area contributed by atoms with Gasteiger partial charge in [0.1, 0.15) is 11.5 Å². The molecule has 0 saturated heterocycles. The summed E-state index contributed by atoms with van der Waals surface area (Å²) in [6.45, 7) is 4.84. The minimum absolute atomic E-state index is 0.0846. The summed E-state index contributed by atoms with van der Waals surface area (Å²) in [6.07, 6.45) is 0. The monoisotopic (exact) mass is 238 g/mol. The zero-order valence-electron chi connectivity index (χ0n) is 10.9. The minimum Gasteiger partial charge on any atom is -0.507 e. The van der Waals surface area contributed by atoms with Crippen molar-refractivity contribution >= 4 is 0 Å². The Balaban J connectivity index is 2.67. The predicted molar refractivity (Wildman–Crippen MR) is 69.3 cm³/mol. The number of hydrogen-bond acceptors (Lipinski definition) is 4. The quantitative estimate of drug-likeness (QED) is 0.731. The van der Waals surface area contributed by atoms with Crippen LogP contribution < -0.4 is 5.32 Å². The van der Waals surface area contributed by atoms with Crippen LogP contribution in [-0.2, 0) is 0 Å². The van der Waals surface area contributed by atoms with E-state index in [-0.39, 0.29) is 17.5 Å². The van der Waals surface area contributed by atoms with Crippen LogP contribution >= 0.6 is 0 Å². The van der Waals surface area contributed by atoms with E-state index < -0.39 is 0 Å². The van der Waals surface area contributed by atoms with Crippen molar-refractivity contribution in [1.29, 1.82) is 0 Å². The van der Waals surface area contributed by atoms with Crippen molar-refractivity contribution in [2.75, 3.05) is 20.6 Å². The first kappa shape index (κ1) is 13.8. The molecule has 3 N–H and O–H groups in total. The highest BCUT2D eigenvalue weighted by atomic mass is 16.3. The summed E-state index contributed by atoms with van der Waals surface area (Å²) >= 11 is 0. The van der Waals surface area contributed by atoms with Crippen LogP contribution in [0.4, 0.5) is 0 Å². The van der Waals surface area contributed by atoms with Crippen molar-refractivity contribution in [3.8, 4) is 11.5 Å². The van der Waals surface area contributed by atoms with Crippen LogP contribution in [0.5, 0.6) is 11.5 Å². The molecule has 1 aromatic carbocycles. The van der Waals surface area contributed by atoms with E-state index in [2.05, 4.69) is 17.1 Å². The molecule has 17 heavy (non-hydrogen) atoms. The molecular formula is C13H22N2O2. The van der Waals surface area contributed by atoms with Gasteiger partial charge in [0, 0.05) is 18.6 Å². The molecule has 0 aromatic heterocycles. The lowest BCUT2D eigenvalue weighted by Crippen LogP contribution is -2.36. The highest BCUT2D eigenvalue weighted by Crippen LogP contribution is 2.31. The highest BCUT2D eigenvalue weighted by Gasteiger charge is 2.15. The van der Waals surface area contributed by atoms with E-state index in [1.807, 2.05) is 21.0 Å². The van der Waals surface area contributed by atoms with Crippen molar-refractivity contribution in [3.05, 3.63) is 23.8 Å². The van der Waals surface area contributed by atoms with Gasteiger partial charge in [0.15, 0.2) is 0 Å². The zero-order valence-corrected chi connectivity index (χ0v) is 10.9. The second kappa shape index (κ2) is 5.89. The highest BCUT2D eigenvalue weighted by molar-refractivity contribution is 5.44. The number of phenols is 2. The van der Waals surface area contributed by atoms with Gasteiger partial charge >= 0.3 is 0 Å². The van der Waals surface area contributed by atoms with Gasteiger partial charge in [-0.1, -0.05) is 6.07 Å². The van der Waals surface area contributed by atoms with Crippen molar-refractivity contribution in [1.82, 2.24) is 10.2 Å². The van der Waals surface area contributed by atoms with Gasteiger partial charge in [0.2, 0.25) is 0 Å². The lowest BCUT2D eigenvalue weighted by atomic mass is 10.1. The lowest BCUT2D eigenvalue weighted by Gasteiger charge is -2.23. The molecule has 2 atom stereocenters. The normalized spacial score (nSPS) is 14.9. The minimum atomic E-state index is -0.0846. The third-order valence-corrected chi connectivity index (χ3v) is 3.09. The fourth-order valence-electron chi connectivity index (χ4n) is 1.62. The third-order valence-electron chi connectivity index (χ3n) is 3.09. The van der Waals surface area contributed by atoms with Crippen molar-refractivity contribution in [2.45, 2.75) is 25.9 Å². The molecule has 4 heteroatoms. The summed E-state index contributed by atoms with van der Waals surface area (Å²) in [7, 11) is 4.04. The molecule has 0 amide bonds. The van der Waals surface area contributed by atoms with E-state index in [0.29, 0.717) is 11.6 Å². The maximum atomic E-state index is 9.73. The van der Waals surface area contributed by atoms with Crippen LogP contribution in [0.15, 0.2) is 18.2 Å². The average molecular weight is 238 g/mol. The Kier molecular flexibility index (Phi) is 4.78. The number of nitrogens with one attached hydrogen (secondary N) is 1. The van der Waals surface area contributed by atoms with Crippen LogP contribution in [0.3, 0.4) is 0 Å². The van der Waals surface area contributed by atoms with Crippen LogP contribution in [-0.4, -0.2) is 41.8 Å². The van der Waals surface area contributed by atoms with Gasteiger partial charge in [-0.2, -0.15) is 0 Å². The van der Waals surface area contributed by atoms with Crippen molar-refractivity contribution in [2.24, 2.45) is 0 Å². The molecule has 0 aliphatic rings. The zero-order chi connectivity index (χ0) is 13.0. The predicted octanol–water partition coefficient (Wildman–Crippen LogP) is 1.70. The van der Waals surface area contributed by atoms with Crippen LogP contribution in [0, 0.1) is 0 Å². The number of hydrogen-bond donors (Lipinski definition) is 3. The number of phenolic OH excluding ortho intramolecular Hbond substituents is 2. The van der Waals surface area contributed by atoms with Gasteiger partial charge < -0.3 is 20.4 Å². The first-order valence-electron chi connectivity index (χ1n) is 5.84. The van der Waals surface area contributed by atoms with Crippen molar-refractivity contribution in [3.63, 3.8) is 0 Å². The van der Waals surface area contributed by atoms with Gasteiger partial charge in [0.25, 0.3) is 0 Å². The first-order chi connectivity index (χ1) is 7.93. The van der Waals surface area contributed by atoms with Gasteiger partial charge in [-0.25, -0.2) is 0 Å². The number of nitrogens with zero attached hydrogens (tertiary/aromatic N) is 1. The molecule has 1 rings (SSSR count). The Morgan fingerprint density at radius 3 is 2.18 bits per heavy atom. The molecule has 0 aliphatic heterocycles. The molecular weight excluding hydrogens is 216 g/mol. The molecule has 0 fully saturated rings. The third kappa shape index (κ3) is 3.61.